The summed E-state index contributed by atoms with van der Waals surface area (Å²) in [6.07, 6.45) is 5.44. The molecule has 0 saturated carbocycles. The molecule has 22 rings (SSSR count). The van der Waals surface area contributed by atoms with Crippen LogP contribution in [0.5, 0.6) is 23.0 Å². The summed E-state index contributed by atoms with van der Waals surface area (Å²) in [6.45, 7) is 4.66. The monoisotopic (exact) mass is 1330 g/mol. The number of fused-ring (bicyclic) bond motifs is 21. The molecule has 4 aliphatic carbocycles. The highest BCUT2D eigenvalue weighted by Gasteiger charge is 2.53. The average molecular weight is 1330 g/mol. The van der Waals surface area contributed by atoms with Gasteiger partial charge in [0.15, 0.2) is 11.6 Å². The minimum Gasteiger partial charge on any atom is -0.457 e. The number of nitrogens with zero attached hydrogens (tertiary/aromatic N) is 4. The Morgan fingerprint density at radius 1 is 0.269 bits per heavy atom. The summed E-state index contributed by atoms with van der Waals surface area (Å²) in [6, 6.07) is 115. The van der Waals surface area contributed by atoms with Gasteiger partial charge < -0.3 is 9.47 Å². The van der Waals surface area contributed by atoms with Crippen LogP contribution in [0.25, 0.3) is 129 Å². The Hall–Kier alpha value is -13.2. The number of benzene rings is 14. The summed E-state index contributed by atoms with van der Waals surface area (Å²) in [7, 11) is 0. The van der Waals surface area contributed by atoms with Crippen LogP contribution < -0.4 is 9.47 Å². The molecule has 486 valence electrons. The van der Waals surface area contributed by atoms with E-state index >= 15 is 0 Å². The maximum absolute atomic E-state index is 7.33. The maximum atomic E-state index is 7.33. The van der Waals surface area contributed by atoms with E-state index < -0.39 is 10.8 Å². The molecule has 0 radical (unpaired) electrons. The Balaban J connectivity index is 0.663. The van der Waals surface area contributed by atoms with E-state index in [4.69, 9.17) is 29.4 Å². The molecule has 0 fully saturated rings. The molecule has 104 heavy (non-hydrogen) atoms. The van der Waals surface area contributed by atoms with Gasteiger partial charge in [-0.25, -0.2) is 19.9 Å². The smallest absolute Gasteiger partial charge is 0.160 e. The van der Waals surface area contributed by atoms with E-state index in [-0.39, 0.29) is 5.41 Å². The predicted molar refractivity (Wildman–Crippen MR) is 418 cm³/mol. The van der Waals surface area contributed by atoms with Crippen molar-refractivity contribution < 1.29 is 9.47 Å². The molecule has 0 amide bonds. The van der Waals surface area contributed by atoms with Gasteiger partial charge in [0.05, 0.1) is 33.6 Å². The number of aromatic nitrogens is 4. The number of hydrogen-bond donors (Lipinski definition) is 0. The Bertz CT molecular complexity index is 6350. The van der Waals surface area contributed by atoms with Crippen molar-refractivity contribution >= 4 is 16.8 Å². The Labute approximate surface area is 602 Å². The molecule has 14 aromatic carbocycles. The van der Waals surface area contributed by atoms with Crippen molar-refractivity contribution in [2.24, 2.45) is 0 Å². The van der Waals surface area contributed by atoms with E-state index in [0.717, 1.165) is 119 Å². The van der Waals surface area contributed by atoms with Gasteiger partial charge in [0.25, 0.3) is 0 Å². The Morgan fingerprint density at radius 3 is 1.29 bits per heavy atom. The van der Waals surface area contributed by atoms with Gasteiger partial charge in [0.2, 0.25) is 0 Å². The third-order valence-electron chi connectivity index (χ3n) is 23.2. The van der Waals surface area contributed by atoms with Gasteiger partial charge in [0.1, 0.15) is 23.0 Å². The lowest BCUT2D eigenvalue weighted by atomic mass is 9.65. The van der Waals surface area contributed by atoms with E-state index in [1.807, 2.05) is 6.07 Å². The summed E-state index contributed by atoms with van der Waals surface area (Å²) in [5, 5.41) is 2.49. The molecular weight excluding hydrogens is 1270 g/mol. The van der Waals surface area contributed by atoms with Crippen molar-refractivity contribution in [3.63, 3.8) is 0 Å². The second kappa shape index (κ2) is 21.9. The topological polar surface area (TPSA) is 70.0 Å². The maximum Gasteiger partial charge on any atom is 0.160 e. The van der Waals surface area contributed by atoms with Crippen LogP contribution in [-0.2, 0) is 22.7 Å². The fourth-order valence-corrected chi connectivity index (χ4v) is 18.6. The van der Waals surface area contributed by atoms with Gasteiger partial charge in [-0.3, -0.25) is 0 Å². The fourth-order valence-electron chi connectivity index (χ4n) is 18.6. The molecule has 2 aromatic heterocycles. The predicted octanol–water partition coefficient (Wildman–Crippen LogP) is 23.9. The lowest BCUT2D eigenvalue weighted by Crippen LogP contribution is -2.32. The summed E-state index contributed by atoms with van der Waals surface area (Å²) in [5.41, 5.74) is 31.7. The zero-order valence-corrected chi connectivity index (χ0v) is 57.0. The highest BCUT2D eigenvalue weighted by atomic mass is 16.5. The molecule has 6 heteroatoms. The summed E-state index contributed by atoms with van der Waals surface area (Å²) >= 11 is 0. The van der Waals surface area contributed by atoms with E-state index in [0.29, 0.717) is 11.6 Å². The zero-order chi connectivity index (χ0) is 68.6. The quantitative estimate of drug-likeness (QED) is 0.158. The molecule has 2 aliphatic heterocycles. The van der Waals surface area contributed by atoms with Crippen LogP contribution in [0, 0.1) is 0 Å². The number of allylic oxidation sites excluding steroid dienone is 1. The number of para-hydroxylation sites is 1. The van der Waals surface area contributed by atoms with Crippen molar-refractivity contribution in [3.8, 4) is 135 Å². The molecule has 0 N–H and O–H groups in total. The standard InChI is InChI=1S/C98H62N4O2/c1-96(2)75-31-11-6-26-69(75)74-46-42-63(53-83(74)96)85-56-86(100-94(99-85)60-20-4-3-5-21-60)64-44-48-82-92(55-64)104-90-49-45-62(52-84(90)98(82)78-34-14-9-29-72(78)73-30-10-15-35-79(73)98)58-38-40-61(41-39-58)95-101-87(57-88(102-95)68-50-66-24-18-22-59-23-19-25-67(51-68)93(59)66)65-43-47-81-91(54-65)103-89-37-17-16-36-80(89)97(81)76-32-12-7-27-70(76)71-28-8-13-33-77(71)97/h3-22,24-57H,23H2,1-2H3. The first-order valence-electron chi connectivity index (χ1n) is 35.9. The summed E-state index contributed by atoms with van der Waals surface area (Å²) in [5.74, 6) is 4.52. The zero-order valence-electron chi connectivity index (χ0n) is 57.0. The van der Waals surface area contributed by atoms with Crippen molar-refractivity contribution in [2.75, 3.05) is 0 Å². The largest absolute Gasteiger partial charge is 0.457 e. The van der Waals surface area contributed by atoms with Crippen LogP contribution in [0.4, 0.5) is 0 Å². The number of rotatable bonds is 7. The molecule has 2 spiro atoms. The van der Waals surface area contributed by atoms with Gasteiger partial charge in [-0.15, -0.1) is 0 Å². The van der Waals surface area contributed by atoms with Crippen molar-refractivity contribution in [2.45, 2.75) is 36.5 Å². The lowest BCUT2D eigenvalue weighted by Gasteiger charge is -2.39. The number of hydrogen-bond acceptors (Lipinski definition) is 6. The van der Waals surface area contributed by atoms with Gasteiger partial charge in [0, 0.05) is 61.0 Å². The first-order chi connectivity index (χ1) is 51.2. The third kappa shape index (κ3) is 8.33. The Morgan fingerprint density at radius 2 is 0.692 bits per heavy atom. The fraction of sp³-hybridized carbons (Fsp3) is 0.0612. The molecule has 6 aliphatic rings. The minimum absolute atomic E-state index is 0.169. The Kier molecular flexibility index (Phi) is 12.4. The minimum atomic E-state index is -0.730. The first kappa shape index (κ1) is 58.6. The molecule has 0 bridgehead atoms. The summed E-state index contributed by atoms with van der Waals surface area (Å²) < 4.78 is 14.4. The van der Waals surface area contributed by atoms with E-state index in [1.165, 1.54) is 88.7 Å². The van der Waals surface area contributed by atoms with E-state index in [1.54, 1.807) is 0 Å². The normalized spacial score (nSPS) is 14.6. The number of ether oxygens (including phenoxy) is 2. The van der Waals surface area contributed by atoms with Gasteiger partial charge in [-0.05, 0) is 167 Å². The second-order valence-corrected chi connectivity index (χ2v) is 29.0. The second-order valence-electron chi connectivity index (χ2n) is 29.0. The van der Waals surface area contributed by atoms with E-state index in [9.17, 15) is 0 Å². The van der Waals surface area contributed by atoms with Crippen LogP contribution in [0.2, 0.25) is 0 Å². The molecule has 0 unspecified atom stereocenters. The first-order valence-corrected chi connectivity index (χ1v) is 35.9. The summed E-state index contributed by atoms with van der Waals surface area (Å²) in [4.78, 5) is 21.8. The molecule has 0 atom stereocenters. The lowest BCUT2D eigenvalue weighted by molar-refractivity contribution is 0.436. The molecule has 6 nitrogen and oxygen atoms in total. The van der Waals surface area contributed by atoms with Crippen molar-refractivity contribution in [3.05, 3.63) is 388 Å². The highest BCUT2D eigenvalue weighted by molar-refractivity contribution is 5.99. The van der Waals surface area contributed by atoms with E-state index in [2.05, 4.69) is 335 Å². The van der Waals surface area contributed by atoms with Crippen LogP contribution in [0.3, 0.4) is 0 Å². The van der Waals surface area contributed by atoms with Gasteiger partial charge >= 0.3 is 0 Å². The van der Waals surface area contributed by atoms with Crippen LogP contribution >= 0.6 is 0 Å². The van der Waals surface area contributed by atoms with Crippen molar-refractivity contribution in [1.82, 2.24) is 19.9 Å². The SMILES string of the molecule is CC1(C)c2ccccc2-c2ccc(-c3cc(-c4ccc5c(c4)Oc4ccc(-c6ccc(-c7nc(-c8ccc9c(c8)Oc8ccccc8C98c9ccccc9-c9ccccc98)cc(-c8cc9c%10c(cccc%10c8)CC=C9)n7)cc6)cc4C54c5ccccc5-c5ccccc54)nc(-c4ccccc4)n3)cc21. The van der Waals surface area contributed by atoms with Crippen LogP contribution in [0.1, 0.15) is 80.6 Å². The van der Waals surface area contributed by atoms with Gasteiger partial charge in [-0.1, -0.05) is 281 Å². The van der Waals surface area contributed by atoms with Crippen LogP contribution in [-0.4, -0.2) is 19.9 Å². The molecule has 4 heterocycles. The van der Waals surface area contributed by atoms with Crippen LogP contribution in [0.15, 0.2) is 322 Å². The average Bonchev–Trinajstić information content (AvgIpc) is 1.47. The van der Waals surface area contributed by atoms with Gasteiger partial charge in [-0.2, -0.15) is 0 Å². The molecular formula is C98H62N4O2. The molecule has 0 saturated heterocycles. The third-order valence-corrected chi connectivity index (χ3v) is 23.2. The van der Waals surface area contributed by atoms with Crippen molar-refractivity contribution in [1.29, 1.82) is 0 Å². The molecule has 16 aromatic rings. The highest BCUT2D eigenvalue weighted by Crippen LogP contribution is 2.65.